The molecule has 0 saturated carbocycles. The standard InChI is InChI=1S/C30H31N3O3/c1-5-32-33(25(34)21-31)28(29(35)36-30(2,3)4)27(24-19-13-8-14-20-24)26(22-15-9-6-10-16-22)23-17-11-7-12-18-23/h1,6-20,28,32H,21,31H2,2-4H3/t28-/m0/s1. The molecule has 6 nitrogen and oxygen atoms in total. The molecule has 0 aliphatic rings. The highest BCUT2D eigenvalue weighted by Gasteiger charge is 2.38. The number of nitrogens with one attached hydrogen (secondary N) is 1. The van der Waals surface area contributed by atoms with Gasteiger partial charge in [-0.2, -0.15) is 0 Å². The first-order valence-corrected chi connectivity index (χ1v) is 11.6. The fourth-order valence-corrected chi connectivity index (χ4v) is 3.89. The average Bonchev–Trinajstić information content (AvgIpc) is 2.88. The van der Waals surface area contributed by atoms with Crippen LogP contribution in [0.3, 0.4) is 0 Å². The molecule has 0 spiro atoms. The molecule has 184 valence electrons. The average molecular weight is 482 g/mol. The van der Waals surface area contributed by atoms with E-state index in [4.69, 9.17) is 16.9 Å². The van der Waals surface area contributed by atoms with Crippen molar-refractivity contribution in [3.8, 4) is 12.5 Å². The summed E-state index contributed by atoms with van der Waals surface area (Å²) in [5.74, 6) is -1.20. The predicted octanol–water partition coefficient (Wildman–Crippen LogP) is 4.24. The van der Waals surface area contributed by atoms with Gasteiger partial charge in [-0.15, -0.1) is 0 Å². The van der Waals surface area contributed by atoms with E-state index in [1.807, 2.05) is 91.0 Å². The monoisotopic (exact) mass is 481 g/mol. The van der Waals surface area contributed by atoms with Crippen LogP contribution in [0.15, 0.2) is 91.0 Å². The third-order valence-electron chi connectivity index (χ3n) is 5.27. The van der Waals surface area contributed by atoms with Crippen LogP contribution in [0.25, 0.3) is 11.1 Å². The minimum atomic E-state index is -1.24. The second-order valence-corrected chi connectivity index (χ2v) is 9.05. The number of hydrogen-bond acceptors (Lipinski definition) is 5. The third-order valence-corrected chi connectivity index (χ3v) is 5.27. The number of amides is 1. The molecule has 0 aliphatic carbocycles. The number of hydrazine groups is 1. The topological polar surface area (TPSA) is 84.7 Å². The number of terminal acetylenes is 1. The van der Waals surface area contributed by atoms with Crippen molar-refractivity contribution in [2.24, 2.45) is 5.73 Å². The molecular weight excluding hydrogens is 450 g/mol. The van der Waals surface area contributed by atoms with E-state index in [0.717, 1.165) is 27.3 Å². The Balaban J connectivity index is 2.47. The second kappa shape index (κ2) is 11.9. The van der Waals surface area contributed by atoms with E-state index in [-0.39, 0.29) is 6.54 Å². The summed E-state index contributed by atoms with van der Waals surface area (Å²) >= 11 is 0. The lowest BCUT2D eigenvalue weighted by Gasteiger charge is -2.34. The van der Waals surface area contributed by atoms with Gasteiger partial charge in [-0.25, -0.2) is 9.80 Å². The number of nitrogens with two attached hydrogens (primary N) is 1. The minimum Gasteiger partial charge on any atom is -0.458 e. The molecule has 3 aromatic carbocycles. The Bertz CT molecular complexity index is 1200. The van der Waals surface area contributed by atoms with Crippen molar-refractivity contribution in [1.82, 2.24) is 10.4 Å². The molecule has 3 rings (SSSR count). The summed E-state index contributed by atoms with van der Waals surface area (Å²) in [4.78, 5) is 26.9. The van der Waals surface area contributed by atoms with E-state index >= 15 is 0 Å². The maximum atomic E-state index is 13.9. The third kappa shape index (κ3) is 6.41. The second-order valence-electron chi connectivity index (χ2n) is 9.05. The van der Waals surface area contributed by atoms with Crippen LogP contribution < -0.4 is 11.2 Å². The number of carbonyl (C=O) groups excluding carboxylic acids is 2. The van der Waals surface area contributed by atoms with Gasteiger partial charge in [-0.05, 0) is 43.0 Å². The summed E-state index contributed by atoms with van der Waals surface area (Å²) in [6.07, 6.45) is 5.56. The summed E-state index contributed by atoms with van der Waals surface area (Å²) in [6.45, 7) is 4.95. The molecule has 0 heterocycles. The van der Waals surface area contributed by atoms with Crippen LogP contribution in [0.5, 0.6) is 0 Å². The number of benzene rings is 3. The predicted molar refractivity (Wildman–Crippen MR) is 143 cm³/mol. The summed E-state index contributed by atoms with van der Waals surface area (Å²) in [5, 5.41) is 1.09. The van der Waals surface area contributed by atoms with Crippen molar-refractivity contribution >= 4 is 23.0 Å². The number of hydrogen-bond donors (Lipinski definition) is 2. The van der Waals surface area contributed by atoms with Crippen molar-refractivity contribution in [3.63, 3.8) is 0 Å². The molecule has 3 N–H and O–H groups in total. The van der Waals surface area contributed by atoms with E-state index < -0.39 is 23.5 Å². The molecule has 0 saturated heterocycles. The zero-order chi connectivity index (χ0) is 26.1. The van der Waals surface area contributed by atoms with Gasteiger partial charge in [0.05, 0.1) is 6.54 Å². The summed E-state index contributed by atoms with van der Waals surface area (Å²) in [6, 6.07) is 29.8. The lowest BCUT2D eigenvalue weighted by molar-refractivity contribution is -0.163. The Hall–Kier alpha value is -4.34. The van der Waals surface area contributed by atoms with Gasteiger partial charge < -0.3 is 10.5 Å². The Morgan fingerprint density at radius 3 is 1.72 bits per heavy atom. The summed E-state index contributed by atoms with van der Waals surface area (Å²) in [7, 11) is 0. The maximum Gasteiger partial charge on any atom is 0.336 e. The molecule has 0 unspecified atom stereocenters. The zero-order valence-corrected chi connectivity index (χ0v) is 20.8. The summed E-state index contributed by atoms with van der Waals surface area (Å²) < 4.78 is 5.83. The van der Waals surface area contributed by atoms with E-state index in [2.05, 4.69) is 11.5 Å². The highest BCUT2D eigenvalue weighted by atomic mass is 16.6. The first kappa shape index (κ1) is 26.3. The largest absolute Gasteiger partial charge is 0.458 e. The SMILES string of the molecule is C#CNN(C(=O)CN)[C@H](C(=O)OC(C)(C)C)C(=C(c1ccccc1)c1ccccc1)c1ccccc1. The Morgan fingerprint density at radius 1 is 0.889 bits per heavy atom. The van der Waals surface area contributed by atoms with E-state index in [9.17, 15) is 9.59 Å². The molecule has 3 aromatic rings. The van der Waals surface area contributed by atoms with Gasteiger partial charge in [0.1, 0.15) is 5.60 Å². The van der Waals surface area contributed by atoms with Crippen LogP contribution in [0.2, 0.25) is 0 Å². The van der Waals surface area contributed by atoms with E-state index in [1.54, 1.807) is 20.8 Å². The van der Waals surface area contributed by atoms with Gasteiger partial charge in [-0.1, -0.05) is 97.4 Å². The molecule has 0 radical (unpaired) electrons. The van der Waals surface area contributed by atoms with Gasteiger partial charge in [0.2, 0.25) is 0 Å². The van der Waals surface area contributed by atoms with Crippen LogP contribution >= 0.6 is 0 Å². The quantitative estimate of drug-likeness (QED) is 0.165. The molecule has 1 atom stereocenters. The molecule has 0 bridgehead atoms. The van der Waals surface area contributed by atoms with Crippen LogP contribution in [-0.4, -0.2) is 35.1 Å². The number of ether oxygens (including phenoxy) is 1. The molecule has 1 amide bonds. The molecule has 0 fully saturated rings. The lowest BCUT2D eigenvalue weighted by Crippen LogP contribution is -2.55. The van der Waals surface area contributed by atoms with Crippen LogP contribution in [0.1, 0.15) is 37.5 Å². The number of carbonyl (C=O) groups is 2. The Kier molecular flexibility index (Phi) is 8.66. The fourth-order valence-electron chi connectivity index (χ4n) is 3.89. The van der Waals surface area contributed by atoms with Crippen molar-refractivity contribution < 1.29 is 14.3 Å². The molecule has 0 aromatic heterocycles. The van der Waals surface area contributed by atoms with Crippen LogP contribution in [-0.2, 0) is 14.3 Å². The van der Waals surface area contributed by atoms with Gasteiger partial charge >= 0.3 is 5.97 Å². The number of nitrogens with zero attached hydrogens (tertiary/aromatic N) is 1. The van der Waals surface area contributed by atoms with E-state index in [0.29, 0.717) is 5.57 Å². The highest BCUT2D eigenvalue weighted by molar-refractivity contribution is 6.08. The fraction of sp³-hybridized carbons (Fsp3) is 0.200. The molecule has 36 heavy (non-hydrogen) atoms. The first-order chi connectivity index (χ1) is 17.3. The van der Waals surface area contributed by atoms with Gasteiger partial charge in [-0.3, -0.25) is 10.2 Å². The Morgan fingerprint density at radius 2 is 1.33 bits per heavy atom. The number of rotatable bonds is 8. The maximum absolute atomic E-state index is 13.9. The van der Waals surface area contributed by atoms with Crippen molar-refractivity contribution in [2.75, 3.05) is 6.54 Å². The van der Waals surface area contributed by atoms with Crippen molar-refractivity contribution in [1.29, 1.82) is 0 Å². The molecule has 6 heteroatoms. The van der Waals surface area contributed by atoms with Crippen LogP contribution in [0.4, 0.5) is 0 Å². The van der Waals surface area contributed by atoms with Crippen LogP contribution in [0, 0.1) is 12.5 Å². The highest BCUT2D eigenvalue weighted by Crippen LogP contribution is 2.37. The van der Waals surface area contributed by atoms with Crippen molar-refractivity contribution in [2.45, 2.75) is 32.4 Å². The molecular formula is C30H31N3O3. The lowest BCUT2D eigenvalue weighted by atomic mass is 9.85. The van der Waals surface area contributed by atoms with Crippen molar-refractivity contribution in [3.05, 3.63) is 108 Å². The zero-order valence-electron chi connectivity index (χ0n) is 20.8. The van der Waals surface area contributed by atoms with E-state index in [1.165, 1.54) is 0 Å². The normalized spacial score (nSPS) is 11.5. The smallest absolute Gasteiger partial charge is 0.336 e. The molecule has 0 aliphatic heterocycles. The van der Waals surface area contributed by atoms with Gasteiger partial charge in [0.15, 0.2) is 6.04 Å². The first-order valence-electron chi connectivity index (χ1n) is 11.6. The van der Waals surface area contributed by atoms with Gasteiger partial charge in [0.25, 0.3) is 5.91 Å². The number of esters is 1. The Labute approximate surface area is 212 Å². The summed E-state index contributed by atoms with van der Waals surface area (Å²) in [5.41, 5.74) is 11.3. The van der Waals surface area contributed by atoms with Gasteiger partial charge in [0, 0.05) is 11.6 Å². The minimum absolute atomic E-state index is 0.359.